The number of carboxylic acids is 1. The van der Waals surface area contributed by atoms with Crippen LogP contribution in [0.4, 0.5) is 13.2 Å². The molecule has 0 aliphatic carbocycles. The van der Waals surface area contributed by atoms with Gasteiger partial charge < -0.3 is 10.4 Å². The van der Waals surface area contributed by atoms with Crippen molar-refractivity contribution in [2.24, 2.45) is 7.05 Å². The van der Waals surface area contributed by atoms with Crippen LogP contribution in [0.5, 0.6) is 0 Å². The van der Waals surface area contributed by atoms with Gasteiger partial charge in [-0.1, -0.05) is 11.6 Å². The van der Waals surface area contributed by atoms with Gasteiger partial charge in [-0.3, -0.25) is 19.2 Å². The number of carbonyl (C=O) groups excluding carboxylic acids is 2. The van der Waals surface area contributed by atoms with Crippen molar-refractivity contribution in [1.82, 2.24) is 20.0 Å². The smallest absolute Gasteiger partial charge is 0.434 e. The molecule has 2 aliphatic rings. The van der Waals surface area contributed by atoms with E-state index in [1.54, 1.807) is 6.92 Å². The molecule has 2 aliphatic heterocycles. The summed E-state index contributed by atoms with van der Waals surface area (Å²) in [6, 6.07) is -1.09. The fourth-order valence-corrected chi connectivity index (χ4v) is 4.58. The predicted molar refractivity (Wildman–Crippen MR) is 87.9 cm³/mol. The summed E-state index contributed by atoms with van der Waals surface area (Å²) < 4.78 is 39.3. The molecule has 1 fully saturated rings. The van der Waals surface area contributed by atoms with Gasteiger partial charge >= 0.3 is 12.1 Å². The molecule has 0 saturated carbocycles. The van der Waals surface area contributed by atoms with Crippen LogP contribution in [0.25, 0.3) is 0 Å². The van der Waals surface area contributed by atoms with Crippen LogP contribution in [0, 0.1) is 0 Å². The van der Waals surface area contributed by atoms with Gasteiger partial charge in [0.05, 0.1) is 0 Å². The molecule has 0 aromatic carbocycles. The maximum Gasteiger partial charge on any atom is 0.434 e. The summed E-state index contributed by atoms with van der Waals surface area (Å²) in [5.41, 5.74) is -1.59. The number of carboxylic acid groups (broad SMARTS) is 1. The van der Waals surface area contributed by atoms with Crippen LogP contribution in [-0.4, -0.2) is 54.7 Å². The molecule has 1 saturated heterocycles. The minimum Gasteiger partial charge on any atom is -0.477 e. The molecule has 3 rings (SSSR count). The number of hydrogen-bond acceptors (Lipinski definition) is 5. The first kappa shape index (κ1) is 19.5. The van der Waals surface area contributed by atoms with E-state index in [-0.39, 0.29) is 5.70 Å². The zero-order chi connectivity index (χ0) is 20.3. The van der Waals surface area contributed by atoms with Gasteiger partial charge in [-0.25, -0.2) is 4.79 Å². The normalized spacial score (nSPS) is 22.4. The maximum atomic E-state index is 13.0. The van der Waals surface area contributed by atoms with Crippen LogP contribution < -0.4 is 5.32 Å². The number of β-lactam (4-membered cyclic amide) rings is 1. The average molecular weight is 425 g/mol. The van der Waals surface area contributed by atoms with Crippen molar-refractivity contribution in [3.63, 3.8) is 0 Å². The van der Waals surface area contributed by atoms with Gasteiger partial charge in [0.1, 0.15) is 22.1 Å². The number of aliphatic carboxylic acids is 1. The molecule has 0 bridgehead atoms. The van der Waals surface area contributed by atoms with Gasteiger partial charge in [0, 0.05) is 12.8 Å². The predicted octanol–water partition coefficient (Wildman–Crippen LogP) is 1.46. The summed E-state index contributed by atoms with van der Waals surface area (Å²) in [6.07, 6.45) is -4.81. The largest absolute Gasteiger partial charge is 0.477 e. The molecule has 1 aromatic rings. The van der Waals surface area contributed by atoms with Gasteiger partial charge in [-0.15, -0.1) is 11.8 Å². The number of fused-ring (bicyclic) bond motifs is 1. The van der Waals surface area contributed by atoms with E-state index in [2.05, 4.69) is 10.4 Å². The van der Waals surface area contributed by atoms with Gasteiger partial charge in [0.2, 0.25) is 0 Å². The molecule has 0 radical (unpaired) electrons. The highest BCUT2D eigenvalue weighted by Gasteiger charge is 2.54. The molecular weight excluding hydrogens is 413 g/mol. The third-order valence-electron chi connectivity index (χ3n) is 4.12. The quantitative estimate of drug-likeness (QED) is 0.712. The van der Waals surface area contributed by atoms with Crippen LogP contribution in [0.15, 0.2) is 11.3 Å². The lowest BCUT2D eigenvalue weighted by molar-refractivity contribution is -0.148. The van der Waals surface area contributed by atoms with E-state index in [0.29, 0.717) is 16.0 Å². The number of nitrogens with one attached hydrogen (secondary N) is 1. The lowest BCUT2D eigenvalue weighted by atomic mass is 10.0. The highest BCUT2D eigenvalue weighted by atomic mass is 35.5. The van der Waals surface area contributed by atoms with Crippen molar-refractivity contribution in [2.45, 2.75) is 24.5 Å². The van der Waals surface area contributed by atoms with Crippen molar-refractivity contribution in [1.29, 1.82) is 0 Å². The molecular formula is C14H12ClF3N4O4S. The maximum absolute atomic E-state index is 13.0. The van der Waals surface area contributed by atoms with Crippen LogP contribution in [0.3, 0.4) is 0 Å². The zero-order valence-electron chi connectivity index (χ0n) is 13.8. The van der Waals surface area contributed by atoms with Gasteiger partial charge in [-0.2, -0.15) is 18.3 Å². The number of aromatic nitrogens is 2. The van der Waals surface area contributed by atoms with Crippen LogP contribution in [0.2, 0.25) is 5.02 Å². The summed E-state index contributed by atoms with van der Waals surface area (Å²) >= 11 is 6.90. The summed E-state index contributed by atoms with van der Waals surface area (Å²) in [5, 5.41) is 13.5. The SMILES string of the molecule is CC1=C(C(=O)O)N2C(=O)[C@H](NC(=O)c3nn(C)c(C(F)(F)F)c3Cl)[C@@H]2SC1. The van der Waals surface area contributed by atoms with Crippen molar-refractivity contribution in [2.75, 3.05) is 5.75 Å². The minimum atomic E-state index is -4.81. The van der Waals surface area contributed by atoms with Crippen molar-refractivity contribution < 1.29 is 32.7 Å². The number of rotatable bonds is 3. The first-order valence-corrected chi connectivity index (χ1v) is 8.86. The fourth-order valence-electron chi connectivity index (χ4n) is 2.94. The number of thioether (sulfide) groups is 1. The number of amides is 2. The van der Waals surface area contributed by atoms with E-state index in [0.717, 1.165) is 11.9 Å². The molecule has 8 nitrogen and oxygen atoms in total. The van der Waals surface area contributed by atoms with E-state index >= 15 is 0 Å². The number of carbonyl (C=O) groups is 3. The Morgan fingerprint density at radius 2 is 2.04 bits per heavy atom. The monoisotopic (exact) mass is 424 g/mol. The Labute approximate surface area is 159 Å². The van der Waals surface area contributed by atoms with E-state index in [1.807, 2.05) is 0 Å². The Balaban J connectivity index is 1.82. The van der Waals surface area contributed by atoms with E-state index in [1.165, 1.54) is 11.8 Å². The average Bonchev–Trinajstić information content (AvgIpc) is 2.86. The van der Waals surface area contributed by atoms with Crippen LogP contribution in [0.1, 0.15) is 23.1 Å². The van der Waals surface area contributed by atoms with Gasteiger partial charge in [-0.05, 0) is 12.5 Å². The molecule has 2 amide bonds. The first-order valence-electron chi connectivity index (χ1n) is 7.43. The van der Waals surface area contributed by atoms with Crippen molar-refractivity contribution in [3.05, 3.63) is 27.7 Å². The standard InChI is InChI=1S/C14H12ClF3N4O4S/c1-4-3-27-12-7(11(24)22(12)8(4)13(25)26)19-10(23)6-5(15)9(14(16,17)18)21(2)20-6/h7,12H,3H2,1-2H3,(H,19,23)(H,25,26)/t7-,12-/m0/s1. The number of halogens is 4. The molecule has 27 heavy (non-hydrogen) atoms. The highest BCUT2D eigenvalue weighted by molar-refractivity contribution is 8.00. The lowest BCUT2D eigenvalue weighted by Gasteiger charge is -2.49. The Bertz CT molecular complexity index is 898. The fraction of sp³-hybridized carbons (Fsp3) is 0.429. The van der Waals surface area contributed by atoms with Gasteiger partial charge in [0.25, 0.3) is 11.8 Å². The van der Waals surface area contributed by atoms with E-state index in [4.69, 9.17) is 11.6 Å². The molecule has 0 spiro atoms. The number of aryl methyl sites for hydroxylation is 1. The van der Waals surface area contributed by atoms with Crippen LogP contribution >= 0.6 is 23.4 Å². The molecule has 2 N–H and O–H groups in total. The Morgan fingerprint density at radius 1 is 1.41 bits per heavy atom. The zero-order valence-corrected chi connectivity index (χ0v) is 15.4. The Kier molecular flexibility index (Phi) is 4.67. The number of nitrogens with zero attached hydrogens (tertiary/aromatic N) is 3. The second-order valence-corrected chi connectivity index (χ2v) is 7.41. The summed E-state index contributed by atoms with van der Waals surface area (Å²) in [5.74, 6) is -2.64. The first-order chi connectivity index (χ1) is 12.4. The molecule has 3 heterocycles. The molecule has 13 heteroatoms. The molecule has 146 valence electrons. The van der Waals surface area contributed by atoms with Crippen LogP contribution in [-0.2, 0) is 22.8 Å². The summed E-state index contributed by atoms with van der Waals surface area (Å²) in [7, 11) is 0.991. The second kappa shape index (κ2) is 6.44. The Morgan fingerprint density at radius 3 is 2.56 bits per heavy atom. The third-order valence-corrected chi connectivity index (χ3v) is 5.90. The summed E-state index contributed by atoms with van der Waals surface area (Å²) in [4.78, 5) is 37.0. The van der Waals surface area contributed by atoms with Crippen molar-refractivity contribution in [3.8, 4) is 0 Å². The minimum absolute atomic E-state index is 0.149. The van der Waals surface area contributed by atoms with Gasteiger partial charge in [0.15, 0.2) is 11.4 Å². The lowest BCUT2D eigenvalue weighted by Crippen LogP contribution is -2.70. The molecule has 0 unspecified atom stereocenters. The van der Waals surface area contributed by atoms with E-state index in [9.17, 15) is 32.7 Å². The number of hydrogen-bond donors (Lipinski definition) is 2. The Hall–Kier alpha value is -2.21. The third kappa shape index (κ3) is 3.06. The van der Waals surface area contributed by atoms with E-state index < -0.39 is 51.8 Å². The molecule has 2 atom stereocenters. The second-order valence-electron chi connectivity index (χ2n) is 5.93. The van der Waals surface area contributed by atoms with Crippen molar-refractivity contribution >= 4 is 41.1 Å². The summed E-state index contributed by atoms with van der Waals surface area (Å²) in [6.45, 7) is 1.58. The number of alkyl halides is 3. The highest BCUT2D eigenvalue weighted by Crippen LogP contribution is 2.40. The topological polar surface area (TPSA) is 105 Å². The molecule has 1 aromatic heterocycles.